The van der Waals surface area contributed by atoms with Crippen LogP contribution in [0.1, 0.15) is 0 Å². The Labute approximate surface area is 128 Å². The Morgan fingerprint density at radius 3 is 2.45 bits per heavy atom. The van der Waals surface area contributed by atoms with E-state index >= 15 is 0 Å². The minimum atomic E-state index is -3.79. The van der Waals surface area contributed by atoms with Gasteiger partial charge in [-0.25, -0.2) is 12.8 Å². The van der Waals surface area contributed by atoms with Crippen LogP contribution in [0.25, 0.3) is 0 Å². The van der Waals surface area contributed by atoms with Crippen LogP contribution in [-0.2, 0) is 10.0 Å². The monoisotopic (exact) mass is 340 g/mol. The fraction of sp³-hybridized carbons (Fsp3) is 0.500. The standard InChI is InChI=1S/C12H14ClFN2O2S.ClH/c13-10-1-2-11(14)12(3-10)19(17,18)16-6-8-4-15-5-9(8)7-16;/h1-3,8-9,15H,4-7H2;1H/t8-,9+;. The number of sulfonamides is 1. The summed E-state index contributed by atoms with van der Waals surface area (Å²) in [5.74, 6) is -0.0892. The van der Waals surface area contributed by atoms with Crippen molar-refractivity contribution in [3.05, 3.63) is 29.0 Å². The van der Waals surface area contributed by atoms with Gasteiger partial charge in [0.1, 0.15) is 10.7 Å². The molecule has 2 saturated heterocycles. The molecular weight excluding hydrogens is 326 g/mol. The molecule has 3 rings (SSSR count). The van der Waals surface area contributed by atoms with Gasteiger partial charge in [0.15, 0.2) is 0 Å². The molecule has 112 valence electrons. The zero-order valence-electron chi connectivity index (χ0n) is 10.6. The molecule has 4 nitrogen and oxygen atoms in total. The van der Waals surface area contributed by atoms with E-state index in [1.807, 2.05) is 0 Å². The van der Waals surface area contributed by atoms with Crippen LogP contribution < -0.4 is 5.32 Å². The fourth-order valence-corrected chi connectivity index (χ4v) is 4.70. The molecule has 0 saturated carbocycles. The molecule has 2 aliphatic heterocycles. The highest BCUT2D eigenvalue weighted by Crippen LogP contribution is 2.32. The normalized spacial score (nSPS) is 26.3. The van der Waals surface area contributed by atoms with Gasteiger partial charge in [0.05, 0.1) is 0 Å². The van der Waals surface area contributed by atoms with Crippen LogP contribution in [0.2, 0.25) is 5.02 Å². The van der Waals surface area contributed by atoms with Crippen molar-refractivity contribution in [3.63, 3.8) is 0 Å². The topological polar surface area (TPSA) is 49.4 Å². The molecule has 2 heterocycles. The second-order valence-corrected chi connectivity index (χ2v) is 7.42. The average molecular weight is 341 g/mol. The molecule has 1 N–H and O–H groups in total. The first-order valence-corrected chi connectivity index (χ1v) is 7.96. The first-order valence-electron chi connectivity index (χ1n) is 6.14. The van der Waals surface area contributed by atoms with Crippen molar-refractivity contribution in [2.75, 3.05) is 26.2 Å². The van der Waals surface area contributed by atoms with Gasteiger partial charge in [-0.05, 0) is 43.1 Å². The SMILES string of the molecule is Cl.O=S(=O)(c1cc(Cl)ccc1F)N1C[C@H]2CNC[C@H]2C1. The summed E-state index contributed by atoms with van der Waals surface area (Å²) in [5.41, 5.74) is 0. The maximum Gasteiger partial charge on any atom is 0.246 e. The summed E-state index contributed by atoms with van der Waals surface area (Å²) in [5, 5.41) is 3.46. The van der Waals surface area contributed by atoms with Crippen molar-refractivity contribution in [3.8, 4) is 0 Å². The van der Waals surface area contributed by atoms with Crippen molar-refractivity contribution >= 4 is 34.0 Å². The number of nitrogens with one attached hydrogen (secondary N) is 1. The highest BCUT2D eigenvalue weighted by atomic mass is 35.5. The highest BCUT2D eigenvalue weighted by molar-refractivity contribution is 7.89. The van der Waals surface area contributed by atoms with E-state index in [4.69, 9.17) is 11.6 Å². The largest absolute Gasteiger partial charge is 0.316 e. The lowest BCUT2D eigenvalue weighted by Gasteiger charge is -2.18. The molecule has 0 aromatic heterocycles. The molecule has 0 radical (unpaired) electrons. The molecule has 8 heteroatoms. The average Bonchev–Trinajstić information content (AvgIpc) is 2.92. The van der Waals surface area contributed by atoms with Crippen LogP contribution in [0.5, 0.6) is 0 Å². The van der Waals surface area contributed by atoms with Gasteiger partial charge in [-0.1, -0.05) is 11.6 Å². The van der Waals surface area contributed by atoms with E-state index in [2.05, 4.69) is 5.32 Å². The first-order chi connectivity index (χ1) is 8.98. The van der Waals surface area contributed by atoms with E-state index in [0.29, 0.717) is 24.9 Å². The lowest BCUT2D eigenvalue weighted by atomic mass is 10.0. The zero-order valence-corrected chi connectivity index (χ0v) is 12.9. The van der Waals surface area contributed by atoms with Gasteiger partial charge >= 0.3 is 0 Å². The summed E-state index contributed by atoms with van der Waals surface area (Å²) in [6.07, 6.45) is 0. The Bertz CT molecular complexity index is 599. The minimum absolute atomic E-state index is 0. The fourth-order valence-electron chi connectivity index (χ4n) is 2.82. The van der Waals surface area contributed by atoms with Gasteiger partial charge in [-0.15, -0.1) is 12.4 Å². The lowest BCUT2D eigenvalue weighted by molar-refractivity contribution is 0.443. The van der Waals surface area contributed by atoms with E-state index in [1.54, 1.807) is 0 Å². The maximum atomic E-state index is 13.7. The van der Waals surface area contributed by atoms with Gasteiger partial charge in [-0.2, -0.15) is 4.31 Å². The predicted octanol–water partition coefficient (Wildman–Crippen LogP) is 1.74. The number of hydrogen-bond acceptors (Lipinski definition) is 3. The zero-order chi connectivity index (χ0) is 13.6. The molecule has 0 unspecified atom stereocenters. The molecule has 2 aliphatic rings. The van der Waals surface area contributed by atoms with Crippen molar-refractivity contribution in [2.24, 2.45) is 11.8 Å². The van der Waals surface area contributed by atoms with Crippen molar-refractivity contribution in [1.29, 1.82) is 0 Å². The third kappa shape index (κ3) is 2.67. The Kier molecular flexibility index (Phi) is 4.61. The Morgan fingerprint density at radius 1 is 1.25 bits per heavy atom. The molecule has 0 aliphatic carbocycles. The minimum Gasteiger partial charge on any atom is -0.316 e. The predicted molar refractivity (Wildman–Crippen MR) is 77.3 cm³/mol. The van der Waals surface area contributed by atoms with E-state index in [0.717, 1.165) is 19.2 Å². The number of benzene rings is 1. The second kappa shape index (κ2) is 5.77. The van der Waals surface area contributed by atoms with Crippen LogP contribution in [-0.4, -0.2) is 38.9 Å². The summed E-state index contributed by atoms with van der Waals surface area (Å²) in [6.45, 7) is 2.56. The van der Waals surface area contributed by atoms with E-state index in [-0.39, 0.29) is 22.3 Å². The Hall–Kier alpha value is -0.400. The van der Waals surface area contributed by atoms with Crippen LogP contribution in [0, 0.1) is 17.7 Å². The molecular formula is C12H15Cl2FN2O2S. The molecule has 2 fully saturated rings. The second-order valence-electron chi connectivity index (χ2n) is 5.08. The molecule has 0 spiro atoms. The van der Waals surface area contributed by atoms with E-state index < -0.39 is 15.8 Å². The third-order valence-corrected chi connectivity index (χ3v) is 5.95. The van der Waals surface area contributed by atoms with Crippen molar-refractivity contribution in [2.45, 2.75) is 4.90 Å². The third-order valence-electron chi connectivity index (χ3n) is 3.87. The summed E-state index contributed by atoms with van der Waals surface area (Å²) >= 11 is 5.77. The molecule has 1 aromatic carbocycles. The van der Waals surface area contributed by atoms with Gasteiger partial charge in [0.2, 0.25) is 10.0 Å². The van der Waals surface area contributed by atoms with Crippen LogP contribution in [0.15, 0.2) is 23.1 Å². The Morgan fingerprint density at radius 2 is 1.85 bits per heavy atom. The molecule has 1 aromatic rings. The summed E-state index contributed by atoms with van der Waals surface area (Å²) in [6, 6.07) is 3.62. The van der Waals surface area contributed by atoms with Gasteiger partial charge in [0.25, 0.3) is 0 Å². The number of hydrogen-bond donors (Lipinski definition) is 1. The summed E-state index contributed by atoms with van der Waals surface area (Å²) in [4.78, 5) is -0.326. The highest BCUT2D eigenvalue weighted by Gasteiger charge is 2.42. The van der Waals surface area contributed by atoms with Gasteiger partial charge < -0.3 is 5.32 Å². The molecule has 0 bridgehead atoms. The van der Waals surface area contributed by atoms with Crippen molar-refractivity contribution in [1.82, 2.24) is 9.62 Å². The van der Waals surface area contributed by atoms with Crippen molar-refractivity contribution < 1.29 is 12.8 Å². The smallest absolute Gasteiger partial charge is 0.246 e. The molecule has 0 amide bonds. The van der Waals surface area contributed by atoms with Crippen LogP contribution >= 0.6 is 24.0 Å². The first kappa shape index (κ1) is 16.0. The number of fused-ring (bicyclic) bond motifs is 1. The lowest BCUT2D eigenvalue weighted by Crippen LogP contribution is -2.32. The van der Waals surface area contributed by atoms with Gasteiger partial charge in [-0.3, -0.25) is 0 Å². The molecule has 20 heavy (non-hydrogen) atoms. The van der Waals surface area contributed by atoms with Crippen LogP contribution in [0.3, 0.4) is 0 Å². The molecule has 2 atom stereocenters. The van der Waals surface area contributed by atoms with Crippen LogP contribution in [0.4, 0.5) is 4.39 Å². The quantitative estimate of drug-likeness (QED) is 0.892. The Balaban J connectivity index is 0.00000147. The van der Waals surface area contributed by atoms with E-state index in [1.165, 1.54) is 16.4 Å². The number of nitrogens with zero attached hydrogens (tertiary/aromatic N) is 1. The van der Waals surface area contributed by atoms with E-state index in [9.17, 15) is 12.8 Å². The summed E-state index contributed by atoms with van der Waals surface area (Å²) < 4.78 is 40.0. The summed E-state index contributed by atoms with van der Waals surface area (Å²) in [7, 11) is -3.79. The van der Waals surface area contributed by atoms with Gasteiger partial charge in [0, 0.05) is 18.1 Å². The number of halogens is 3. The number of rotatable bonds is 2. The maximum absolute atomic E-state index is 13.7.